The highest BCUT2D eigenvalue weighted by Crippen LogP contribution is 2.45. The number of carbonyl (C=O) groups excluding carboxylic acids is 3. The fourth-order valence-electron chi connectivity index (χ4n) is 4.55. The summed E-state index contributed by atoms with van der Waals surface area (Å²) in [5.41, 5.74) is 0.0533. The predicted octanol–water partition coefficient (Wildman–Crippen LogP) is 2.63. The van der Waals surface area contributed by atoms with Crippen molar-refractivity contribution < 1.29 is 23.9 Å². The Morgan fingerprint density at radius 2 is 1.88 bits per heavy atom. The Labute approximate surface area is 199 Å². The molecule has 1 fully saturated rings. The summed E-state index contributed by atoms with van der Waals surface area (Å²) in [6, 6.07) is 0.701. The van der Waals surface area contributed by atoms with E-state index in [0.717, 1.165) is 12.8 Å². The van der Waals surface area contributed by atoms with Crippen molar-refractivity contribution in [1.82, 2.24) is 20.6 Å². The minimum Gasteiger partial charge on any atom is -0.459 e. The van der Waals surface area contributed by atoms with Crippen LogP contribution in [-0.2, 0) is 14.3 Å². The van der Waals surface area contributed by atoms with Crippen LogP contribution in [0.1, 0.15) is 52.7 Å². The van der Waals surface area contributed by atoms with Crippen LogP contribution in [-0.4, -0.2) is 53.9 Å². The lowest BCUT2D eigenvalue weighted by Crippen LogP contribution is -2.51. The highest BCUT2D eigenvalue weighted by Gasteiger charge is 2.42. The molecular formula is C23H35N5O6. The van der Waals surface area contributed by atoms with Crippen molar-refractivity contribution in [2.24, 2.45) is 10.8 Å². The van der Waals surface area contributed by atoms with E-state index in [0.29, 0.717) is 18.7 Å². The summed E-state index contributed by atoms with van der Waals surface area (Å²) in [6.45, 7) is 13.2. The lowest BCUT2D eigenvalue weighted by Gasteiger charge is -2.46. The quantitative estimate of drug-likeness (QED) is 0.255. The first-order chi connectivity index (χ1) is 15.8. The van der Waals surface area contributed by atoms with E-state index in [2.05, 4.69) is 53.3 Å². The lowest BCUT2D eigenvalue weighted by molar-refractivity contribution is -0.139. The summed E-state index contributed by atoms with van der Waals surface area (Å²) in [7, 11) is 0. The summed E-state index contributed by atoms with van der Waals surface area (Å²) in [5, 5.41) is 8.27. The van der Waals surface area contributed by atoms with Crippen molar-refractivity contribution in [3.8, 4) is 0 Å². The van der Waals surface area contributed by atoms with Gasteiger partial charge in [-0.2, -0.15) is 0 Å². The maximum absolute atomic E-state index is 12.4. The van der Waals surface area contributed by atoms with Gasteiger partial charge in [0.1, 0.15) is 13.2 Å². The van der Waals surface area contributed by atoms with Crippen LogP contribution in [0.15, 0.2) is 23.0 Å². The molecule has 1 aromatic rings. The third kappa shape index (κ3) is 8.87. The molecule has 0 radical (unpaired) electrons. The number of H-pyrrole nitrogens is 1. The topological polar surface area (TPSA) is 152 Å². The van der Waals surface area contributed by atoms with Crippen molar-refractivity contribution in [2.75, 3.05) is 25.1 Å². The second-order valence-corrected chi connectivity index (χ2v) is 10.00. The Bertz CT molecular complexity index is 988. The molecule has 2 atom stereocenters. The van der Waals surface area contributed by atoms with E-state index in [-0.39, 0.29) is 47.2 Å². The van der Waals surface area contributed by atoms with Gasteiger partial charge in [-0.1, -0.05) is 27.4 Å². The number of nitrogens with zero attached hydrogens (tertiary/aromatic N) is 1. The van der Waals surface area contributed by atoms with Crippen LogP contribution in [0.2, 0.25) is 0 Å². The predicted molar refractivity (Wildman–Crippen MR) is 126 cm³/mol. The van der Waals surface area contributed by atoms with Crippen molar-refractivity contribution in [1.29, 1.82) is 0 Å². The number of esters is 1. The highest BCUT2D eigenvalue weighted by molar-refractivity contribution is 5.87. The zero-order valence-electron chi connectivity index (χ0n) is 20.5. The molecule has 1 aromatic heterocycles. The van der Waals surface area contributed by atoms with Gasteiger partial charge in [-0.25, -0.2) is 19.4 Å². The summed E-state index contributed by atoms with van der Waals surface area (Å²) >= 11 is 0. The molecule has 0 aliphatic heterocycles. The lowest BCUT2D eigenvalue weighted by atomic mass is 9.62. The Kier molecular flexibility index (Phi) is 8.83. The number of hydrogen-bond acceptors (Lipinski definition) is 7. The van der Waals surface area contributed by atoms with E-state index >= 15 is 0 Å². The Morgan fingerprint density at radius 1 is 1.21 bits per heavy atom. The molecule has 4 N–H and O–H groups in total. The minimum absolute atomic E-state index is 0.0485. The maximum atomic E-state index is 12.4. The van der Waals surface area contributed by atoms with Gasteiger partial charge in [0.15, 0.2) is 0 Å². The summed E-state index contributed by atoms with van der Waals surface area (Å²) in [5.74, 6) is -0.456. The molecule has 0 spiro atoms. The van der Waals surface area contributed by atoms with E-state index < -0.39 is 18.1 Å². The van der Waals surface area contributed by atoms with Gasteiger partial charge in [-0.15, -0.1) is 0 Å². The fraction of sp³-hybridized carbons (Fsp3) is 0.609. The molecule has 34 heavy (non-hydrogen) atoms. The number of aromatic nitrogens is 2. The first-order valence-corrected chi connectivity index (χ1v) is 11.2. The smallest absolute Gasteiger partial charge is 0.407 e. The number of aryl methyl sites for hydroxylation is 1. The van der Waals surface area contributed by atoms with Crippen LogP contribution in [0.25, 0.3) is 0 Å². The summed E-state index contributed by atoms with van der Waals surface area (Å²) in [4.78, 5) is 54.0. The number of aromatic amines is 1. The molecule has 1 aliphatic rings. The molecule has 0 bridgehead atoms. The van der Waals surface area contributed by atoms with Crippen molar-refractivity contribution in [3.05, 3.63) is 34.3 Å². The average molecular weight is 478 g/mol. The Hall–Kier alpha value is -3.37. The van der Waals surface area contributed by atoms with Gasteiger partial charge in [-0.3, -0.25) is 15.1 Å². The van der Waals surface area contributed by atoms with Gasteiger partial charge < -0.3 is 20.1 Å². The van der Waals surface area contributed by atoms with Gasteiger partial charge in [0.05, 0.1) is 0 Å². The number of ether oxygens (including phenoxy) is 2. The second-order valence-electron chi connectivity index (χ2n) is 10.00. The van der Waals surface area contributed by atoms with Crippen molar-refractivity contribution in [2.45, 2.75) is 59.9 Å². The van der Waals surface area contributed by atoms with E-state index in [1.807, 2.05) is 0 Å². The maximum Gasteiger partial charge on any atom is 0.407 e. The molecule has 1 saturated carbocycles. The van der Waals surface area contributed by atoms with Crippen LogP contribution in [0.4, 0.5) is 15.5 Å². The van der Waals surface area contributed by atoms with Crippen molar-refractivity contribution >= 4 is 24.0 Å². The van der Waals surface area contributed by atoms with Crippen molar-refractivity contribution in [3.63, 3.8) is 0 Å². The monoisotopic (exact) mass is 477 g/mol. The third-order valence-corrected chi connectivity index (χ3v) is 5.44. The van der Waals surface area contributed by atoms with Crippen LogP contribution in [0.3, 0.4) is 0 Å². The fourth-order valence-corrected chi connectivity index (χ4v) is 4.55. The van der Waals surface area contributed by atoms with Gasteiger partial charge >= 0.3 is 18.1 Å². The largest absolute Gasteiger partial charge is 0.459 e. The first kappa shape index (κ1) is 26.9. The third-order valence-electron chi connectivity index (χ3n) is 5.44. The number of hydrogen-bond donors (Lipinski definition) is 4. The van der Waals surface area contributed by atoms with Crippen LogP contribution in [0, 0.1) is 17.8 Å². The normalized spacial score (nSPS) is 21.1. The molecule has 0 aromatic carbocycles. The number of amides is 3. The Balaban J connectivity index is 1.86. The number of nitrogens with one attached hydrogen (secondary N) is 4. The van der Waals surface area contributed by atoms with Gasteiger partial charge in [0.2, 0.25) is 5.95 Å². The highest BCUT2D eigenvalue weighted by atomic mass is 16.6. The molecule has 2 unspecified atom stereocenters. The number of alkyl carbamates (subject to hydrolysis) is 1. The summed E-state index contributed by atoms with van der Waals surface area (Å²) < 4.78 is 10.0. The van der Waals surface area contributed by atoms with E-state index in [1.165, 1.54) is 13.0 Å². The van der Waals surface area contributed by atoms with Gasteiger partial charge in [0.25, 0.3) is 5.56 Å². The Morgan fingerprint density at radius 3 is 2.53 bits per heavy atom. The average Bonchev–Trinajstić information content (AvgIpc) is 2.67. The van der Waals surface area contributed by atoms with E-state index in [1.54, 1.807) is 6.92 Å². The zero-order chi connectivity index (χ0) is 25.5. The molecule has 11 heteroatoms. The molecule has 3 amide bonds. The number of anilines is 1. The molecule has 2 rings (SSSR count). The van der Waals surface area contributed by atoms with Crippen LogP contribution >= 0.6 is 0 Å². The minimum atomic E-state index is -0.586. The number of rotatable bonds is 8. The molecule has 1 heterocycles. The number of urea groups is 1. The molecular weight excluding hydrogens is 442 g/mol. The zero-order valence-corrected chi connectivity index (χ0v) is 20.5. The molecule has 1 aliphatic carbocycles. The van der Waals surface area contributed by atoms with Gasteiger partial charge in [-0.05, 0) is 43.9 Å². The second kappa shape index (κ2) is 11.2. The standard InChI is InChI=1S/C23H35N5O6/c1-14(2)18(30)33-7-8-34-21(32)26-16-10-22(4,5)12-23(6,11-16)13-24-20(31)28-19-25-15(3)9-17(29)27-19/h9,16H,1,7-8,10-13H2,2-6H3,(H,26,32)(H3,24,25,27,28,29,31). The van der Waals surface area contributed by atoms with Crippen LogP contribution in [0.5, 0.6) is 0 Å². The molecule has 11 nitrogen and oxygen atoms in total. The first-order valence-electron chi connectivity index (χ1n) is 11.2. The van der Waals surface area contributed by atoms with E-state index in [9.17, 15) is 19.2 Å². The van der Waals surface area contributed by atoms with E-state index in [4.69, 9.17) is 9.47 Å². The van der Waals surface area contributed by atoms with Crippen LogP contribution < -0.4 is 21.5 Å². The molecule has 188 valence electrons. The molecule has 0 saturated heterocycles. The number of carbonyl (C=O) groups is 3. The summed E-state index contributed by atoms with van der Waals surface area (Å²) in [6.07, 6.45) is 1.64. The van der Waals surface area contributed by atoms with Gasteiger partial charge in [0, 0.05) is 29.9 Å². The SMILES string of the molecule is C=C(C)C(=O)OCCOC(=O)NC1CC(C)(C)CC(C)(CNC(=O)Nc2nc(C)cc(=O)[nH]2)C1.